The van der Waals surface area contributed by atoms with Gasteiger partial charge in [-0.1, -0.05) is 29.8 Å². The SMILES string of the molecule is CCOC(=O)[C@@H]1/C(=N\NS(=O)(=O)c2ccc(C)cc2)C[C@](C)(O)[C@@H](C(=O)OCC)[C@@H]1c1ccc(N(C)C)cc1. The van der Waals surface area contributed by atoms with Crippen LogP contribution in [0.2, 0.25) is 0 Å². The van der Waals surface area contributed by atoms with Gasteiger partial charge in [0.1, 0.15) is 5.92 Å². The van der Waals surface area contributed by atoms with Crippen LogP contribution in [0.1, 0.15) is 44.2 Å². The van der Waals surface area contributed by atoms with Crippen LogP contribution in [0.3, 0.4) is 0 Å². The average Bonchev–Trinajstić information content (AvgIpc) is 2.87. The standard InChI is InChI=1S/C28H37N3O7S/c1-7-37-26(32)24-22(29-30-39(35,36)21-15-9-18(3)10-16-21)17-28(4,34)25(27(33)38-8-2)23(24)19-11-13-20(14-12-19)31(5)6/h9-16,23-25,30,34H,7-8,17H2,1-6H3/b29-22-/t23-,24-,25-,28+/m1/s1. The molecule has 0 aromatic heterocycles. The van der Waals surface area contributed by atoms with E-state index >= 15 is 0 Å². The zero-order valence-electron chi connectivity index (χ0n) is 23.2. The number of nitrogens with one attached hydrogen (secondary N) is 1. The molecule has 1 aliphatic carbocycles. The topological polar surface area (TPSA) is 135 Å². The monoisotopic (exact) mass is 559 g/mol. The molecular weight excluding hydrogens is 522 g/mol. The summed E-state index contributed by atoms with van der Waals surface area (Å²) in [6, 6.07) is 13.4. The highest BCUT2D eigenvalue weighted by Crippen LogP contribution is 2.47. The molecule has 2 aromatic rings. The zero-order chi connectivity index (χ0) is 29.0. The summed E-state index contributed by atoms with van der Waals surface area (Å²) in [4.78, 5) is 30.8. The first-order chi connectivity index (χ1) is 18.3. The third kappa shape index (κ3) is 6.77. The predicted molar refractivity (Wildman–Crippen MR) is 148 cm³/mol. The number of sulfonamides is 1. The Balaban J connectivity index is 2.16. The summed E-state index contributed by atoms with van der Waals surface area (Å²) in [6.07, 6.45) is -0.261. The van der Waals surface area contributed by atoms with Gasteiger partial charge < -0.3 is 19.5 Å². The van der Waals surface area contributed by atoms with Crippen LogP contribution < -0.4 is 9.73 Å². The number of hydrazone groups is 1. The Labute approximate surface area is 230 Å². The van der Waals surface area contributed by atoms with Crippen LogP contribution in [-0.2, 0) is 29.1 Å². The highest BCUT2D eigenvalue weighted by Gasteiger charge is 2.56. The smallest absolute Gasteiger partial charge is 0.315 e. The van der Waals surface area contributed by atoms with Gasteiger partial charge >= 0.3 is 11.9 Å². The summed E-state index contributed by atoms with van der Waals surface area (Å²) in [5.74, 6) is -4.60. The number of rotatable bonds is 9. The van der Waals surface area contributed by atoms with E-state index < -0.39 is 45.3 Å². The maximum absolute atomic E-state index is 13.4. The number of carbonyl (C=O) groups excluding carboxylic acids is 2. The molecule has 10 nitrogen and oxygen atoms in total. The highest BCUT2D eigenvalue weighted by molar-refractivity contribution is 7.89. The van der Waals surface area contributed by atoms with Crippen molar-refractivity contribution in [3.8, 4) is 0 Å². The number of aryl methyl sites for hydroxylation is 1. The second-order valence-electron chi connectivity index (χ2n) is 10.0. The van der Waals surface area contributed by atoms with Gasteiger partial charge in [0.2, 0.25) is 0 Å². The maximum atomic E-state index is 13.4. The fourth-order valence-electron chi connectivity index (χ4n) is 4.90. The fourth-order valence-corrected chi connectivity index (χ4v) is 5.74. The average molecular weight is 560 g/mol. The first-order valence-corrected chi connectivity index (χ1v) is 14.3. The third-order valence-electron chi connectivity index (χ3n) is 6.80. The quantitative estimate of drug-likeness (QED) is 0.354. The number of hydrogen-bond acceptors (Lipinski definition) is 9. The summed E-state index contributed by atoms with van der Waals surface area (Å²) >= 11 is 0. The van der Waals surface area contributed by atoms with Gasteiger partial charge in [0, 0.05) is 32.1 Å². The van der Waals surface area contributed by atoms with E-state index in [2.05, 4.69) is 9.93 Å². The Bertz CT molecular complexity index is 1300. The molecule has 0 amide bonds. The van der Waals surface area contributed by atoms with Crippen molar-refractivity contribution >= 4 is 33.4 Å². The van der Waals surface area contributed by atoms with E-state index in [0.717, 1.165) is 11.3 Å². The van der Waals surface area contributed by atoms with Crippen molar-refractivity contribution in [2.24, 2.45) is 16.9 Å². The number of nitrogens with zero attached hydrogens (tertiary/aromatic N) is 2. The first kappa shape index (κ1) is 30.1. The Morgan fingerprint density at radius 1 is 1.03 bits per heavy atom. The van der Waals surface area contributed by atoms with Crippen molar-refractivity contribution in [2.45, 2.75) is 50.5 Å². The summed E-state index contributed by atoms with van der Waals surface area (Å²) < 4.78 is 36.7. The van der Waals surface area contributed by atoms with E-state index in [9.17, 15) is 23.1 Å². The lowest BCUT2D eigenvalue weighted by atomic mass is 9.61. The Morgan fingerprint density at radius 3 is 2.13 bits per heavy atom. The molecule has 0 aliphatic heterocycles. The number of hydrogen-bond donors (Lipinski definition) is 2. The van der Waals surface area contributed by atoms with Gasteiger partial charge in [-0.25, -0.2) is 4.83 Å². The van der Waals surface area contributed by atoms with E-state index in [1.165, 1.54) is 19.1 Å². The van der Waals surface area contributed by atoms with E-state index in [0.29, 0.717) is 5.56 Å². The second kappa shape index (κ2) is 12.2. The van der Waals surface area contributed by atoms with Gasteiger partial charge in [0.15, 0.2) is 0 Å². The lowest BCUT2D eigenvalue weighted by molar-refractivity contribution is -0.163. The lowest BCUT2D eigenvalue weighted by Crippen LogP contribution is -2.55. The minimum Gasteiger partial charge on any atom is -0.466 e. The zero-order valence-corrected chi connectivity index (χ0v) is 24.0. The number of anilines is 1. The van der Waals surface area contributed by atoms with Crippen LogP contribution in [0, 0.1) is 18.8 Å². The minimum atomic E-state index is -4.08. The molecular formula is C28H37N3O7S. The van der Waals surface area contributed by atoms with Crippen molar-refractivity contribution in [3.05, 3.63) is 59.7 Å². The summed E-state index contributed by atoms with van der Waals surface area (Å²) in [7, 11) is -0.313. The molecule has 2 N–H and O–H groups in total. The largest absolute Gasteiger partial charge is 0.466 e. The van der Waals surface area contributed by atoms with Gasteiger partial charge in [-0.3, -0.25) is 9.59 Å². The molecule has 0 saturated heterocycles. The molecule has 1 fully saturated rings. The van der Waals surface area contributed by atoms with Crippen molar-refractivity contribution in [2.75, 3.05) is 32.2 Å². The third-order valence-corrected chi connectivity index (χ3v) is 8.03. The van der Waals surface area contributed by atoms with Crippen molar-refractivity contribution < 1.29 is 32.6 Å². The molecule has 2 aromatic carbocycles. The first-order valence-electron chi connectivity index (χ1n) is 12.8. The van der Waals surface area contributed by atoms with Crippen LogP contribution in [0.4, 0.5) is 5.69 Å². The number of benzene rings is 2. The molecule has 0 unspecified atom stereocenters. The van der Waals surface area contributed by atoms with Crippen LogP contribution in [0.25, 0.3) is 0 Å². The van der Waals surface area contributed by atoms with Gasteiger partial charge in [-0.05, 0) is 57.5 Å². The maximum Gasteiger partial charge on any atom is 0.315 e. The van der Waals surface area contributed by atoms with E-state index in [4.69, 9.17) is 9.47 Å². The molecule has 0 radical (unpaired) electrons. The Hall–Kier alpha value is -3.44. The Morgan fingerprint density at radius 2 is 1.59 bits per heavy atom. The summed E-state index contributed by atoms with van der Waals surface area (Å²) in [5.41, 5.74) is 0.691. The van der Waals surface area contributed by atoms with E-state index in [-0.39, 0.29) is 30.2 Å². The number of aliphatic hydroxyl groups is 1. The Kier molecular flexibility index (Phi) is 9.39. The van der Waals surface area contributed by atoms with Crippen molar-refractivity contribution in [1.29, 1.82) is 0 Å². The van der Waals surface area contributed by atoms with Crippen molar-refractivity contribution in [1.82, 2.24) is 4.83 Å². The van der Waals surface area contributed by atoms with Crippen LogP contribution in [0.15, 0.2) is 58.5 Å². The van der Waals surface area contributed by atoms with Gasteiger partial charge in [-0.2, -0.15) is 13.5 Å². The number of esters is 2. The molecule has 1 aliphatic rings. The van der Waals surface area contributed by atoms with Crippen LogP contribution in [0.5, 0.6) is 0 Å². The van der Waals surface area contributed by atoms with Gasteiger partial charge in [-0.15, -0.1) is 0 Å². The van der Waals surface area contributed by atoms with Crippen molar-refractivity contribution in [3.63, 3.8) is 0 Å². The predicted octanol–water partition coefficient (Wildman–Crippen LogP) is 2.99. The fraction of sp³-hybridized carbons (Fsp3) is 0.464. The molecule has 0 bridgehead atoms. The minimum absolute atomic E-state index is 0.00655. The normalized spacial score (nSPS) is 24.2. The summed E-state index contributed by atoms with van der Waals surface area (Å²) in [5, 5.41) is 15.7. The van der Waals surface area contributed by atoms with Gasteiger partial charge in [0.05, 0.1) is 35.3 Å². The van der Waals surface area contributed by atoms with E-state index in [1.54, 1.807) is 38.1 Å². The van der Waals surface area contributed by atoms with Crippen LogP contribution >= 0.6 is 0 Å². The summed E-state index contributed by atoms with van der Waals surface area (Å²) in [6.45, 7) is 6.75. The molecule has 4 atom stereocenters. The molecule has 212 valence electrons. The lowest BCUT2D eigenvalue weighted by Gasteiger charge is -2.45. The second-order valence-corrected chi connectivity index (χ2v) is 11.7. The molecule has 1 saturated carbocycles. The van der Waals surface area contributed by atoms with Gasteiger partial charge in [0.25, 0.3) is 10.0 Å². The number of ether oxygens (including phenoxy) is 2. The molecule has 39 heavy (non-hydrogen) atoms. The van der Waals surface area contributed by atoms with Crippen LogP contribution in [-0.4, -0.2) is 64.1 Å². The highest BCUT2D eigenvalue weighted by atomic mass is 32.2. The number of carbonyl (C=O) groups is 2. The molecule has 0 heterocycles. The molecule has 3 rings (SSSR count). The molecule has 11 heteroatoms. The van der Waals surface area contributed by atoms with E-state index in [1.807, 2.05) is 38.1 Å². The molecule has 0 spiro atoms.